The quantitative estimate of drug-likeness (QED) is 0.621. The molecule has 2 aromatic carbocycles. The third-order valence-electron chi connectivity index (χ3n) is 3.05. The second-order valence-corrected chi connectivity index (χ2v) is 4.76. The average molecular weight is 265 g/mol. The van der Waals surface area contributed by atoms with Crippen molar-refractivity contribution < 1.29 is 0 Å². The second-order valence-electron chi connectivity index (χ2n) is 4.76. The van der Waals surface area contributed by atoms with Crippen LogP contribution in [0, 0.1) is 6.92 Å². The summed E-state index contributed by atoms with van der Waals surface area (Å²) in [6.45, 7) is 2.05. The van der Waals surface area contributed by atoms with Gasteiger partial charge >= 0.3 is 0 Å². The Kier molecular flexibility index (Phi) is 2.87. The van der Waals surface area contributed by atoms with Crippen LogP contribution in [0.3, 0.4) is 0 Å². The first-order chi connectivity index (χ1) is 9.61. The number of aromatic amines is 1. The molecule has 0 radical (unpaired) electrons. The number of H-pyrrole nitrogens is 1. The number of benzene rings is 2. The van der Waals surface area contributed by atoms with E-state index < -0.39 is 0 Å². The molecule has 0 aliphatic heterocycles. The summed E-state index contributed by atoms with van der Waals surface area (Å²) in [6.07, 6.45) is 0. The van der Waals surface area contributed by atoms with Crippen molar-refractivity contribution in [2.24, 2.45) is 0 Å². The van der Waals surface area contributed by atoms with Gasteiger partial charge in [0.15, 0.2) is 11.6 Å². The number of hydrogen-bond acceptors (Lipinski definition) is 4. The van der Waals surface area contributed by atoms with Crippen LogP contribution in [0.15, 0.2) is 42.5 Å². The van der Waals surface area contributed by atoms with Crippen molar-refractivity contribution in [1.82, 2.24) is 15.2 Å². The molecular weight excluding hydrogens is 250 g/mol. The van der Waals surface area contributed by atoms with Crippen LogP contribution < -0.4 is 11.5 Å². The van der Waals surface area contributed by atoms with Crippen LogP contribution in [-0.2, 0) is 0 Å². The number of rotatable bonds is 2. The van der Waals surface area contributed by atoms with E-state index in [9.17, 15) is 0 Å². The zero-order valence-electron chi connectivity index (χ0n) is 11.1. The molecule has 0 atom stereocenters. The van der Waals surface area contributed by atoms with Gasteiger partial charge in [0.05, 0.1) is 0 Å². The van der Waals surface area contributed by atoms with Gasteiger partial charge in [-0.05, 0) is 25.1 Å². The Morgan fingerprint density at radius 2 is 1.55 bits per heavy atom. The van der Waals surface area contributed by atoms with Crippen molar-refractivity contribution in [2.75, 3.05) is 11.5 Å². The molecule has 5 heteroatoms. The highest BCUT2D eigenvalue weighted by atomic mass is 15.2. The minimum Gasteiger partial charge on any atom is -0.399 e. The maximum absolute atomic E-state index is 5.79. The molecule has 1 aromatic heterocycles. The van der Waals surface area contributed by atoms with Crippen LogP contribution in [0.4, 0.5) is 11.4 Å². The number of nitrogens with zero attached hydrogens (tertiary/aromatic N) is 2. The molecular formula is C15H15N5. The lowest BCUT2D eigenvalue weighted by Crippen LogP contribution is -1.92. The maximum atomic E-state index is 5.79. The van der Waals surface area contributed by atoms with Crippen LogP contribution >= 0.6 is 0 Å². The van der Waals surface area contributed by atoms with Gasteiger partial charge in [-0.25, -0.2) is 4.98 Å². The monoisotopic (exact) mass is 265 g/mol. The average Bonchev–Trinajstić information content (AvgIpc) is 2.88. The van der Waals surface area contributed by atoms with Crippen molar-refractivity contribution in [2.45, 2.75) is 6.92 Å². The number of hydrogen-bond donors (Lipinski definition) is 3. The molecule has 20 heavy (non-hydrogen) atoms. The van der Waals surface area contributed by atoms with E-state index in [1.165, 1.54) is 5.56 Å². The summed E-state index contributed by atoms with van der Waals surface area (Å²) in [7, 11) is 0. The lowest BCUT2D eigenvalue weighted by Gasteiger charge is -2.00. The normalized spacial score (nSPS) is 10.7. The SMILES string of the molecule is Cc1ccc(-c2nc(-c3cc(N)cc(N)c3)n[nH]2)cc1. The Morgan fingerprint density at radius 1 is 0.900 bits per heavy atom. The predicted octanol–water partition coefficient (Wildman–Crippen LogP) is 2.61. The molecule has 0 spiro atoms. The first kappa shape index (κ1) is 12.2. The highest BCUT2D eigenvalue weighted by Gasteiger charge is 2.08. The van der Waals surface area contributed by atoms with Crippen molar-refractivity contribution >= 4 is 11.4 Å². The van der Waals surface area contributed by atoms with E-state index in [-0.39, 0.29) is 0 Å². The van der Waals surface area contributed by atoms with Gasteiger partial charge in [0, 0.05) is 22.5 Å². The van der Waals surface area contributed by atoms with Crippen LogP contribution in [-0.4, -0.2) is 15.2 Å². The van der Waals surface area contributed by atoms with E-state index in [0.717, 1.165) is 17.0 Å². The van der Waals surface area contributed by atoms with Crippen LogP contribution in [0.5, 0.6) is 0 Å². The summed E-state index contributed by atoms with van der Waals surface area (Å²) >= 11 is 0. The third-order valence-corrected chi connectivity index (χ3v) is 3.05. The molecule has 0 unspecified atom stereocenters. The minimum atomic E-state index is 0.583. The molecule has 0 saturated carbocycles. The summed E-state index contributed by atoms with van der Waals surface area (Å²) in [5, 5.41) is 7.16. The Balaban J connectivity index is 1.99. The van der Waals surface area contributed by atoms with Gasteiger partial charge < -0.3 is 11.5 Å². The van der Waals surface area contributed by atoms with Gasteiger partial charge in [0.2, 0.25) is 0 Å². The molecule has 3 rings (SSSR count). The predicted molar refractivity (Wildman–Crippen MR) is 80.8 cm³/mol. The molecule has 5 N–H and O–H groups in total. The zero-order chi connectivity index (χ0) is 14.1. The standard InChI is InChI=1S/C15H15N5/c1-9-2-4-10(5-3-9)14-18-15(20-19-14)11-6-12(16)8-13(17)7-11/h2-8H,16-17H2,1H3,(H,18,19,20). The van der Waals surface area contributed by atoms with Gasteiger partial charge in [-0.15, -0.1) is 0 Å². The fourth-order valence-corrected chi connectivity index (χ4v) is 2.04. The Hall–Kier alpha value is -2.82. The summed E-state index contributed by atoms with van der Waals surface area (Å²) < 4.78 is 0. The Labute approximate surface area is 116 Å². The van der Waals surface area contributed by atoms with Gasteiger partial charge in [-0.2, -0.15) is 5.10 Å². The number of aromatic nitrogens is 3. The van der Waals surface area contributed by atoms with Crippen molar-refractivity contribution in [3.8, 4) is 22.8 Å². The molecule has 3 aromatic rings. The summed E-state index contributed by atoms with van der Waals surface area (Å²) in [5.74, 6) is 1.31. The Bertz CT molecular complexity index is 723. The number of nitrogens with one attached hydrogen (secondary N) is 1. The topological polar surface area (TPSA) is 93.6 Å². The van der Waals surface area contributed by atoms with E-state index in [0.29, 0.717) is 17.2 Å². The summed E-state index contributed by atoms with van der Waals surface area (Å²) in [6, 6.07) is 13.4. The first-order valence-corrected chi connectivity index (χ1v) is 6.28. The Morgan fingerprint density at radius 3 is 2.20 bits per heavy atom. The van der Waals surface area contributed by atoms with Crippen molar-refractivity contribution in [1.29, 1.82) is 0 Å². The summed E-state index contributed by atoms with van der Waals surface area (Å²) in [5.41, 5.74) is 15.8. The van der Waals surface area contributed by atoms with Gasteiger partial charge in [-0.3, -0.25) is 5.10 Å². The van der Waals surface area contributed by atoms with Crippen LogP contribution in [0.1, 0.15) is 5.56 Å². The third kappa shape index (κ3) is 2.33. The molecule has 1 heterocycles. The van der Waals surface area contributed by atoms with Crippen molar-refractivity contribution in [3.05, 3.63) is 48.0 Å². The highest BCUT2D eigenvalue weighted by Crippen LogP contribution is 2.24. The smallest absolute Gasteiger partial charge is 0.181 e. The number of anilines is 2. The number of nitrogen functional groups attached to an aromatic ring is 2. The number of nitrogens with two attached hydrogens (primary N) is 2. The van der Waals surface area contributed by atoms with Crippen LogP contribution in [0.25, 0.3) is 22.8 Å². The zero-order valence-corrected chi connectivity index (χ0v) is 11.1. The molecule has 0 amide bonds. The lowest BCUT2D eigenvalue weighted by molar-refractivity contribution is 1.10. The largest absolute Gasteiger partial charge is 0.399 e. The van der Waals surface area contributed by atoms with Crippen LogP contribution in [0.2, 0.25) is 0 Å². The summed E-state index contributed by atoms with van der Waals surface area (Å²) in [4.78, 5) is 4.48. The van der Waals surface area contributed by atoms with Gasteiger partial charge in [0.1, 0.15) is 0 Å². The van der Waals surface area contributed by atoms with E-state index in [1.54, 1.807) is 18.2 Å². The minimum absolute atomic E-state index is 0.583. The number of aryl methyl sites for hydroxylation is 1. The molecule has 0 bridgehead atoms. The fourth-order valence-electron chi connectivity index (χ4n) is 2.04. The van der Waals surface area contributed by atoms with Crippen molar-refractivity contribution in [3.63, 3.8) is 0 Å². The van der Waals surface area contributed by atoms with E-state index in [2.05, 4.69) is 15.2 Å². The molecule has 0 aliphatic rings. The molecule has 0 saturated heterocycles. The molecule has 100 valence electrons. The maximum Gasteiger partial charge on any atom is 0.181 e. The van der Waals surface area contributed by atoms with Gasteiger partial charge in [0.25, 0.3) is 0 Å². The molecule has 0 aliphatic carbocycles. The van der Waals surface area contributed by atoms with E-state index in [1.807, 2.05) is 31.2 Å². The first-order valence-electron chi connectivity index (χ1n) is 6.28. The second kappa shape index (κ2) is 4.70. The van der Waals surface area contributed by atoms with E-state index in [4.69, 9.17) is 11.5 Å². The molecule has 5 nitrogen and oxygen atoms in total. The lowest BCUT2D eigenvalue weighted by atomic mass is 10.1. The van der Waals surface area contributed by atoms with E-state index >= 15 is 0 Å². The highest BCUT2D eigenvalue weighted by molar-refractivity contribution is 5.69. The molecule has 0 fully saturated rings. The van der Waals surface area contributed by atoms with Gasteiger partial charge in [-0.1, -0.05) is 29.8 Å². The fraction of sp³-hybridized carbons (Fsp3) is 0.0667.